The quantitative estimate of drug-likeness (QED) is 0.340. The first-order valence-corrected chi connectivity index (χ1v) is 11.5. The molecule has 0 radical (unpaired) electrons. The molecule has 37 heavy (non-hydrogen) atoms. The summed E-state index contributed by atoms with van der Waals surface area (Å²) >= 11 is 6.49. The third-order valence-corrected chi connectivity index (χ3v) is 6.06. The summed E-state index contributed by atoms with van der Waals surface area (Å²) in [6.07, 6.45) is 4.84. The van der Waals surface area contributed by atoms with E-state index in [4.69, 9.17) is 17.3 Å². The molecule has 0 spiro atoms. The van der Waals surface area contributed by atoms with E-state index in [1.807, 2.05) is 6.20 Å². The Labute approximate surface area is 215 Å². The van der Waals surface area contributed by atoms with Crippen molar-refractivity contribution in [1.82, 2.24) is 28.9 Å². The van der Waals surface area contributed by atoms with Crippen molar-refractivity contribution >= 4 is 39.8 Å². The number of nitrogens with one attached hydrogen (secondary N) is 1. The van der Waals surface area contributed by atoms with Crippen LogP contribution in [0, 0.1) is 18.3 Å². The highest BCUT2D eigenvalue weighted by Gasteiger charge is 2.18. The van der Waals surface area contributed by atoms with Gasteiger partial charge in [-0.2, -0.15) is 15.3 Å². The average molecular weight is 514 g/mol. The van der Waals surface area contributed by atoms with E-state index in [9.17, 15) is 14.9 Å². The van der Waals surface area contributed by atoms with E-state index in [-0.39, 0.29) is 18.2 Å². The minimum atomic E-state index is -0.798. The molecule has 0 aliphatic rings. The summed E-state index contributed by atoms with van der Waals surface area (Å²) in [6.45, 7) is 1.73. The number of benzene rings is 2. The standard InChI is InChI=1S/C25H20ClN9O2/c1-14-5-18(11-29-10-14)35-24(36)31-23(30-22-7-17-12-33(2)32-21(17)8-19(22)26)34(25(35)37)13-16-6-15(9-27)3-4-20(16)28/h3-8,10-12H,13,28H2,1-2H3,(H,30,31,36). The highest BCUT2D eigenvalue weighted by atomic mass is 35.5. The molecule has 0 bridgehead atoms. The van der Waals surface area contributed by atoms with Crippen LogP contribution in [0.4, 0.5) is 17.3 Å². The lowest BCUT2D eigenvalue weighted by atomic mass is 10.1. The van der Waals surface area contributed by atoms with E-state index in [0.717, 1.165) is 15.5 Å². The predicted molar refractivity (Wildman–Crippen MR) is 140 cm³/mol. The Morgan fingerprint density at radius 3 is 2.73 bits per heavy atom. The van der Waals surface area contributed by atoms with Crippen molar-refractivity contribution in [2.45, 2.75) is 13.5 Å². The molecule has 0 saturated heterocycles. The number of hydrogen-bond acceptors (Lipinski definition) is 8. The molecule has 2 aromatic carbocycles. The average Bonchev–Trinajstić information content (AvgIpc) is 3.21. The molecular formula is C25H20ClN9O2. The molecule has 0 amide bonds. The molecule has 3 N–H and O–H groups in total. The van der Waals surface area contributed by atoms with Crippen molar-refractivity contribution in [3.63, 3.8) is 0 Å². The Morgan fingerprint density at radius 1 is 1.16 bits per heavy atom. The molecule has 5 aromatic rings. The van der Waals surface area contributed by atoms with Gasteiger partial charge in [-0.05, 0) is 54.4 Å². The van der Waals surface area contributed by atoms with Gasteiger partial charge in [0.05, 0.1) is 46.3 Å². The van der Waals surface area contributed by atoms with E-state index >= 15 is 0 Å². The summed E-state index contributed by atoms with van der Waals surface area (Å²) in [4.78, 5) is 35.1. The first kappa shape index (κ1) is 23.8. The second kappa shape index (κ2) is 9.25. The number of pyridine rings is 1. The molecule has 11 nitrogen and oxygen atoms in total. The van der Waals surface area contributed by atoms with E-state index < -0.39 is 11.4 Å². The van der Waals surface area contributed by atoms with Gasteiger partial charge in [-0.3, -0.25) is 14.2 Å². The lowest BCUT2D eigenvalue weighted by molar-refractivity contribution is 0.658. The summed E-state index contributed by atoms with van der Waals surface area (Å²) in [5, 5.41) is 17.8. The topological polar surface area (TPSA) is 149 Å². The highest BCUT2D eigenvalue weighted by molar-refractivity contribution is 6.34. The monoisotopic (exact) mass is 513 g/mol. The number of hydrogen-bond donors (Lipinski definition) is 2. The van der Waals surface area contributed by atoms with Crippen molar-refractivity contribution in [3.8, 4) is 11.8 Å². The SMILES string of the molecule is Cc1cncc(-n2c(=O)nc(Nc3cc4cn(C)nc4cc3Cl)n(Cc3cc(C#N)ccc3N)c2=O)c1. The third-order valence-electron chi connectivity index (χ3n) is 5.74. The first-order chi connectivity index (χ1) is 17.7. The van der Waals surface area contributed by atoms with Crippen LogP contribution in [-0.4, -0.2) is 28.9 Å². The van der Waals surface area contributed by atoms with Gasteiger partial charge in [-0.1, -0.05) is 11.6 Å². The zero-order chi connectivity index (χ0) is 26.3. The minimum absolute atomic E-state index is 0.0428. The van der Waals surface area contributed by atoms with Crippen molar-refractivity contribution in [3.05, 3.63) is 97.7 Å². The van der Waals surface area contributed by atoms with Crippen molar-refractivity contribution < 1.29 is 0 Å². The van der Waals surface area contributed by atoms with Crippen LogP contribution in [0.2, 0.25) is 5.02 Å². The zero-order valence-electron chi connectivity index (χ0n) is 19.8. The van der Waals surface area contributed by atoms with Gasteiger partial charge in [-0.25, -0.2) is 14.2 Å². The number of nitrogens with two attached hydrogens (primary N) is 1. The molecule has 0 atom stereocenters. The second-order valence-corrected chi connectivity index (χ2v) is 8.89. The van der Waals surface area contributed by atoms with Gasteiger partial charge in [-0.15, -0.1) is 0 Å². The lowest BCUT2D eigenvalue weighted by Crippen LogP contribution is -2.42. The van der Waals surface area contributed by atoms with Gasteiger partial charge in [0, 0.05) is 30.5 Å². The molecule has 3 heterocycles. The number of aryl methyl sites for hydroxylation is 2. The fourth-order valence-corrected chi connectivity index (χ4v) is 4.19. The molecule has 3 aromatic heterocycles. The van der Waals surface area contributed by atoms with E-state index in [1.54, 1.807) is 61.2 Å². The molecule has 184 valence electrons. The maximum atomic E-state index is 13.7. The fraction of sp³-hybridized carbons (Fsp3) is 0.120. The number of fused-ring (bicyclic) bond motifs is 1. The maximum Gasteiger partial charge on any atom is 0.359 e. The Hall–Kier alpha value is -4.95. The minimum Gasteiger partial charge on any atom is -0.398 e. The molecule has 0 saturated carbocycles. The van der Waals surface area contributed by atoms with Crippen LogP contribution in [0.15, 0.2) is 64.6 Å². The Kier molecular flexibility index (Phi) is 5.95. The Balaban J connectivity index is 1.70. The van der Waals surface area contributed by atoms with Crippen LogP contribution < -0.4 is 22.4 Å². The summed E-state index contributed by atoms with van der Waals surface area (Å²) < 4.78 is 3.85. The largest absolute Gasteiger partial charge is 0.398 e. The van der Waals surface area contributed by atoms with Crippen molar-refractivity contribution in [2.75, 3.05) is 11.1 Å². The summed E-state index contributed by atoms with van der Waals surface area (Å²) in [6, 6.07) is 11.9. The fourth-order valence-electron chi connectivity index (χ4n) is 3.98. The Bertz CT molecular complexity index is 1850. The van der Waals surface area contributed by atoms with Crippen LogP contribution in [0.25, 0.3) is 16.6 Å². The maximum absolute atomic E-state index is 13.7. The summed E-state index contributed by atoms with van der Waals surface area (Å²) in [5.41, 5.74) is 8.10. The second-order valence-electron chi connectivity index (χ2n) is 8.49. The molecule has 0 aliphatic heterocycles. The van der Waals surface area contributed by atoms with Crippen molar-refractivity contribution in [1.29, 1.82) is 5.26 Å². The highest BCUT2D eigenvalue weighted by Crippen LogP contribution is 2.29. The number of anilines is 3. The number of aromatic nitrogens is 6. The van der Waals surface area contributed by atoms with Crippen LogP contribution >= 0.6 is 11.6 Å². The molecule has 12 heteroatoms. The van der Waals surface area contributed by atoms with Crippen LogP contribution in [-0.2, 0) is 13.6 Å². The molecule has 0 unspecified atom stereocenters. The van der Waals surface area contributed by atoms with Gasteiger partial charge in [0.15, 0.2) is 0 Å². The van der Waals surface area contributed by atoms with Crippen LogP contribution in [0.5, 0.6) is 0 Å². The normalized spacial score (nSPS) is 11.0. The van der Waals surface area contributed by atoms with Gasteiger partial charge in [0.2, 0.25) is 5.95 Å². The van der Waals surface area contributed by atoms with E-state index in [2.05, 4.69) is 26.5 Å². The molecular weight excluding hydrogens is 494 g/mol. The number of nitrogen functional groups attached to an aromatic ring is 1. The van der Waals surface area contributed by atoms with Gasteiger partial charge >= 0.3 is 11.4 Å². The van der Waals surface area contributed by atoms with Crippen LogP contribution in [0.3, 0.4) is 0 Å². The smallest absolute Gasteiger partial charge is 0.359 e. The molecule has 0 fully saturated rings. The molecule has 5 rings (SSSR count). The number of rotatable bonds is 5. The van der Waals surface area contributed by atoms with Crippen LogP contribution in [0.1, 0.15) is 16.7 Å². The number of nitriles is 1. The summed E-state index contributed by atoms with van der Waals surface area (Å²) in [5.74, 6) is -0.0428. The lowest BCUT2D eigenvalue weighted by Gasteiger charge is -2.17. The number of halogens is 1. The van der Waals surface area contributed by atoms with Crippen molar-refractivity contribution in [2.24, 2.45) is 7.05 Å². The Morgan fingerprint density at radius 2 is 1.97 bits per heavy atom. The van der Waals surface area contributed by atoms with E-state index in [1.165, 1.54) is 10.8 Å². The van der Waals surface area contributed by atoms with Gasteiger partial charge in [0.1, 0.15) is 0 Å². The predicted octanol–water partition coefficient (Wildman–Crippen LogP) is 2.88. The van der Waals surface area contributed by atoms with E-state index in [0.29, 0.717) is 33.0 Å². The van der Waals surface area contributed by atoms with Gasteiger partial charge < -0.3 is 11.1 Å². The first-order valence-electron chi connectivity index (χ1n) is 11.1. The zero-order valence-corrected chi connectivity index (χ0v) is 20.6. The third kappa shape index (κ3) is 4.53. The summed E-state index contributed by atoms with van der Waals surface area (Å²) in [7, 11) is 1.79. The van der Waals surface area contributed by atoms with Gasteiger partial charge in [0.25, 0.3) is 0 Å². The molecule has 0 aliphatic carbocycles. The number of nitrogens with zero attached hydrogens (tertiary/aromatic N) is 7.